The number of amides is 1. The maximum Gasteiger partial charge on any atom is 0.573 e. The molecule has 20 heavy (non-hydrogen) atoms. The number of halogens is 4. The molecule has 110 valence electrons. The van der Waals surface area contributed by atoms with Crippen molar-refractivity contribution >= 4 is 27.5 Å². The van der Waals surface area contributed by atoms with Crippen LogP contribution in [0, 0.1) is 0 Å². The molecule has 1 atom stereocenters. The minimum absolute atomic E-state index is 0.00998. The zero-order valence-corrected chi connectivity index (χ0v) is 11.8. The lowest BCUT2D eigenvalue weighted by Crippen LogP contribution is -2.35. The zero-order valence-electron chi connectivity index (χ0n) is 10.3. The third kappa shape index (κ3) is 4.11. The van der Waals surface area contributed by atoms with Gasteiger partial charge in [0.15, 0.2) is 5.75 Å². The highest BCUT2D eigenvalue weighted by Gasteiger charge is 2.33. The van der Waals surface area contributed by atoms with Crippen molar-refractivity contribution in [1.29, 1.82) is 0 Å². The molecule has 1 aliphatic heterocycles. The molecule has 4 nitrogen and oxygen atoms in total. The van der Waals surface area contributed by atoms with E-state index in [1.54, 1.807) is 0 Å². The molecule has 1 aromatic carbocycles. The van der Waals surface area contributed by atoms with Crippen molar-refractivity contribution in [2.45, 2.75) is 25.2 Å². The maximum absolute atomic E-state index is 12.3. The molecule has 1 aliphatic rings. The van der Waals surface area contributed by atoms with Gasteiger partial charge in [0.2, 0.25) is 5.91 Å². The number of alkyl halides is 3. The van der Waals surface area contributed by atoms with Crippen LogP contribution < -0.4 is 15.4 Å². The molecule has 1 heterocycles. The summed E-state index contributed by atoms with van der Waals surface area (Å²) in [6.07, 6.45) is -3.28. The van der Waals surface area contributed by atoms with Gasteiger partial charge in [-0.15, -0.1) is 13.2 Å². The first-order valence-electron chi connectivity index (χ1n) is 5.95. The van der Waals surface area contributed by atoms with Gasteiger partial charge in [-0.3, -0.25) is 4.79 Å². The lowest BCUT2D eigenvalue weighted by Gasteiger charge is -2.16. The second-order valence-corrected chi connectivity index (χ2v) is 5.24. The highest BCUT2D eigenvalue weighted by atomic mass is 79.9. The summed E-state index contributed by atoms with van der Waals surface area (Å²) < 4.78 is 41.3. The fourth-order valence-electron chi connectivity index (χ4n) is 1.94. The molecule has 1 saturated heterocycles. The van der Waals surface area contributed by atoms with Gasteiger partial charge in [0, 0.05) is 4.47 Å². The second kappa shape index (κ2) is 6.01. The van der Waals surface area contributed by atoms with E-state index in [9.17, 15) is 18.0 Å². The molecule has 0 spiro atoms. The van der Waals surface area contributed by atoms with Gasteiger partial charge < -0.3 is 15.4 Å². The van der Waals surface area contributed by atoms with Crippen molar-refractivity contribution in [3.05, 3.63) is 22.7 Å². The normalized spacial score (nSPS) is 18.9. The number of ether oxygens (including phenoxy) is 1. The molecule has 2 N–H and O–H groups in total. The summed E-state index contributed by atoms with van der Waals surface area (Å²) in [6.45, 7) is 0.727. The van der Waals surface area contributed by atoms with Gasteiger partial charge in [-0.1, -0.05) is 15.9 Å². The van der Waals surface area contributed by atoms with Crippen LogP contribution in [0.5, 0.6) is 5.75 Å². The van der Waals surface area contributed by atoms with Gasteiger partial charge in [0.1, 0.15) is 0 Å². The monoisotopic (exact) mass is 352 g/mol. The Morgan fingerprint density at radius 3 is 2.80 bits per heavy atom. The van der Waals surface area contributed by atoms with Crippen molar-refractivity contribution in [3.63, 3.8) is 0 Å². The Morgan fingerprint density at radius 2 is 2.20 bits per heavy atom. The summed E-state index contributed by atoms with van der Waals surface area (Å²) in [7, 11) is 0. The van der Waals surface area contributed by atoms with Gasteiger partial charge in [-0.25, -0.2) is 0 Å². The molecule has 1 amide bonds. The number of hydrogen-bond acceptors (Lipinski definition) is 3. The van der Waals surface area contributed by atoms with Gasteiger partial charge in [0.25, 0.3) is 0 Å². The SMILES string of the molecule is O=C(Nc1ccc(Br)cc1OC(F)(F)F)[C@H]1CCCN1. The van der Waals surface area contributed by atoms with Crippen molar-refractivity contribution in [2.75, 3.05) is 11.9 Å². The first-order chi connectivity index (χ1) is 9.35. The summed E-state index contributed by atoms with van der Waals surface area (Å²) >= 11 is 3.06. The molecule has 2 rings (SSSR count). The van der Waals surface area contributed by atoms with Crippen molar-refractivity contribution in [1.82, 2.24) is 5.32 Å². The predicted octanol–water partition coefficient (Wildman–Crippen LogP) is 3.04. The number of anilines is 1. The van der Waals surface area contributed by atoms with Crippen LogP contribution in [0.4, 0.5) is 18.9 Å². The second-order valence-electron chi connectivity index (χ2n) is 4.33. The fourth-order valence-corrected chi connectivity index (χ4v) is 2.28. The number of carbonyl (C=O) groups excluding carboxylic acids is 1. The van der Waals surface area contributed by atoms with Crippen LogP contribution in [0.25, 0.3) is 0 Å². The Morgan fingerprint density at radius 1 is 1.45 bits per heavy atom. The van der Waals surface area contributed by atoms with E-state index < -0.39 is 12.1 Å². The van der Waals surface area contributed by atoms with E-state index >= 15 is 0 Å². The molecule has 0 radical (unpaired) electrons. The fraction of sp³-hybridized carbons (Fsp3) is 0.417. The van der Waals surface area contributed by atoms with Crippen LogP contribution >= 0.6 is 15.9 Å². The summed E-state index contributed by atoms with van der Waals surface area (Å²) in [6, 6.07) is 3.67. The Bertz CT molecular complexity index is 502. The molecular weight excluding hydrogens is 341 g/mol. The Balaban J connectivity index is 2.15. The molecule has 1 aromatic rings. The molecule has 0 aliphatic carbocycles. The van der Waals surface area contributed by atoms with E-state index in [2.05, 4.69) is 31.3 Å². The summed E-state index contributed by atoms with van der Waals surface area (Å²) in [5, 5.41) is 5.43. The number of rotatable bonds is 3. The van der Waals surface area contributed by atoms with Gasteiger partial charge >= 0.3 is 6.36 Å². The first kappa shape index (κ1) is 15.1. The van der Waals surface area contributed by atoms with E-state index in [4.69, 9.17) is 0 Å². The minimum atomic E-state index is -4.81. The van der Waals surface area contributed by atoms with Crippen molar-refractivity contribution in [3.8, 4) is 5.75 Å². The van der Waals surface area contributed by atoms with E-state index in [0.717, 1.165) is 19.0 Å². The van der Waals surface area contributed by atoms with E-state index in [0.29, 0.717) is 10.9 Å². The third-order valence-corrected chi connectivity index (χ3v) is 3.30. The lowest BCUT2D eigenvalue weighted by molar-refractivity contribution is -0.274. The summed E-state index contributed by atoms with van der Waals surface area (Å²) in [4.78, 5) is 11.9. The average Bonchev–Trinajstić information content (AvgIpc) is 2.84. The smallest absolute Gasteiger partial charge is 0.404 e. The predicted molar refractivity (Wildman–Crippen MR) is 70.5 cm³/mol. The maximum atomic E-state index is 12.3. The molecule has 0 unspecified atom stereocenters. The highest BCUT2D eigenvalue weighted by Crippen LogP contribution is 2.33. The molecule has 0 aromatic heterocycles. The highest BCUT2D eigenvalue weighted by molar-refractivity contribution is 9.10. The van der Waals surface area contributed by atoms with E-state index in [1.165, 1.54) is 12.1 Å². The lowest BCUT2D eigenvalue weighted by atomic mass is 10.2. The van der Waals surface area contributed by atoms with Crippen LogP contribution in [-0.2, 0) is 4.79 Å². The molecule has 0 saturated carbocycles. The first-order valence-corrected chi connectivity index (χ1v) is 6.74. The standard InChI is InChI=1S/C12H12BrF3N2O2/c13-7-3-4-8(10(6-7)20-12(14,15)16)18-11(19)9-2-1-5-17-9/h3-4,6,9,17H,1-2,5H2,(H,18,19)/t9-/m1/s1. The van der Waals surface area contributed by atoms with Crippen molar-refractivity contribution in [2.24, 2.45) is 0 Å². The Kier molecular flexibility index (Phi) is 4.54. The molecule has 0 bridgehead atoms. The van der Waals surface area contributed by atoms with Crippen LogP contribution in [0.3, 0.4) is 0 Å². The quantitative estimate of drug-likeness (QED) is 0.878. The van der Waals surface area contributed by atoms with Crippen LogP contribution in [0.2, 0.25) is 0 Å². The third-order valence-electron chi connectivity index (χ3n) is 2.80. The largest absolute Gasteiger partial charge is 0.573 e. The van der Waals surface area contributed by atoms with E-state index in [-0.39, 0.29) is 17.6 Å². The van der Waals surface area contributed by atoms with Gasteiger partial charge in [0.05, 0.1) is 11.7 Å². The summed E-state index contributed by atoms with van der Waals surface area (Å²) in [5.41, 5.74) is -0.00998. The Labute approximate surface area is 121 Å². The zero-order chi connectivity index (χ0) is 14.8. The Hall–Kier alpha value is -1.28. The van der Waals surface area contributed by atoms with Crippen molar-refractivity contribution < 1.29 is 22.7 Å². The topological polar surface area (TPSA) is 50.4 Å². The number of carbonyl (C=O) groups is 1. The number of nitrogens with one attached hydrogen (secondary N) is 2. The number of hydrogen-bond donors (Lipinski definition) is 2. The van der Waals surface area contributed by atoms with Crippen LogP contribution in [0.1, 0.15) is 12.8 Å². The van der Waals surface area contributed by atoms with Gasteiger partial charge in [-0.2, -0.15) is 0 Å². The minimum Gasteiger partial charge on any atom is -0.404 e. The van der Waals surface area contributed by atoms with Gasteiger partial charge in [-0.05, 0) is 37.6 Å². The summed E-state index contributed by atoms with van der Waals surface area (Å²) in [5.74, 6) is -0.810. The molecule has 1 fully saturated rings. The number of benzene rings is 1. The average molecular weight is 353 g/mol. The van der Waals surface area contributed by atoms with E-state index in [1.807, 2.05) is 0 Å². The van der Waals surface area contributed by atoms with Crippen LogP contribution in [-0.4, -0.2) is 24.9 Å². The molecular formula is C12H12BrF3N2O2. The molecule has 8 heteroatoms. The van der Waals surface area contributed by atoms with Crippen LogP contribution in [0.15, 0.2) is 22.7 Å².